The first kappa shape index (κ1) is 20.8. The minimum Gasteiger partial charge on any atom is -0.453 e. The molecule has 0 spiro atoms. The summed E-state index contributed by atoms with van der Waals surface area (Å²) in [6.45, 7) is -0.421. The highest BCUT2D eigenvalue weighted by molar-refractivity contribution is 9.10. The quantitative estimate of drug-likeness (QED) is 0.300. The Hall–Kier alpha value is -3.51. The second kappa shape index (κ2) is 8.70. The number of rotatable bonds is 5. The molecule has 0 saturated heterocycles. The van der Waals surface area contributed by atoms with Crippen LogP contribution in [0.3, 0.4) is 0 Å². The van der Waals surface area contributed by atoms with E-state index in [0.29, 0.717) is 21.9 Å². The fourth-order valence-electron chi connectivity index (χ4n) is 3.52. The number of esters is 1. The standard InChI is InChI=1S/C25H18BrNO4/c1-27-23(25(30)31-15-21(28)16-11-13-18(26)14-12-16)22(17-7-3-2-4-8-17)19-9-5-6-10-20(19)24(27)29/h2-14H,15H2,1H3. The van der Waals surface area contributed by atoms with Crippen LogP contribution in [0.15, 0.2) is 88.1 Å². The van der Waals surface area contributed by atoms with Gasteiger partial charge in [-0.15, -0.1) is 0 Å². The lowest BCUT2D eigenvalue weighted by atomic mass is 9.97. The van der Waals surface area contributed by atoms with Gasteiger partial charge in [0.15, 0.2) is 12.4 Å². The van der Waals surface area contributed by atoms with Crippen molar-refractivity contribution in [2.24, 2.45) is 7.05 Å². The van der Waals surface area contributed by atoms with Crippen LogP contribution in [0.4, 0.5) is 0 Å². The molecule has 0 fully saturated rings. The van der Waals surface area contributed by atoms with Crippen LogP contribution in [0.5, 0.6) is 0 Å². The maximum atomic E-state index is 13.1. The fraction of sp³-hybridized carbons (Fsp3) is 0.0800. The number of carbonyl (C=O) groups excluding carboxylic acids is 2. The zero-order valence-corrected chi connectivity index (χ0v) is 18.3. The van der Waals surface area contributed by atoms with E-state index in [2.05, 4.69) is 15.9 Å². The van der Waals surface area contributed by atoms with Crippen molar-refractivity contribution in [3.05, 3.63) is 105 Å². The summed E-state index contributed by atoms with van der Waals surface area (Å²) in [5.41, 5.74) is 1.62. The van der Waals surface area contributed by atoms with Gasteiger partial charge in [0.25, 0.3) is 5.56 Å². The number of nitrogens with zero attached hydrogens (tertiary/aromatic N) is 1. The number of carbonyl (C=O) groups is 2. The first-order chi connectivity index (χ1) is 15.0. The van der Waals surface area contributed by atoms with E-state index in [0.717, 1.165) is 10.0 Å². The minimum absolute atomic E-state index is 0.110. The third-order valence-corrected chi connectivity index (χ3v) is 5.59. The van der Waals surface area contributed by atoms with Crippen LogP contribution in [0, 0.1) is 0 Å². The molecule has 0 amide bonds. The van der Waals surface area contributed by atoms with Gasteiger partial charge in [-0.2, -0.15) is 0 Å². The maximum Gasteiger partial charge on any atom is 0.356 e. The summed E-state index contributed by atoms with van der Waals surface area (Å²) in [5.74, 6) is -1.05. The van der Waals surface area contributed by atoms with Crippen LogP contribution in [0.1, 0.15) is 20.8 Å². The third kappa shape index (κ3) is 4.07. The molecule has 0 aliphatic carbocycles. The highest BCUT2D eigenvalue weighted by atomic mass is 79.9. The van der Waals surface area contributed by atoms with Crippen molar-refractivity contribution in [3.8, 4) is 11.1 Å². The predicted octanol–water partition coefficient (Wildman–Crippen LogP) is 5.01. The van der Waals surface area contributed by atoms with Crippen LogP contribution in [-0.4, -0.2) is 22.9 Å². The first-order valence-corrected chi connectivity index (χ1v) is 10.4. The van der Waals surface area contributed by atoms with Gasteiger partial charge in [0.1, 0.15) is 5.69 Å². The average Bonchev–Trinajstić information content (AvgIpc) is 2.80. The van der Waals surface area contributed by atoms with Crippen molar-refractivity contribution < 1.29 is 14.3 Å². The number of aromatic nitrogens is 1. The van der Waals surface area contributed by atoms with E-state index < -0.39 is 12.6 Å². The Kier molecular flexibility index (Phi) is 5.82. The van der Waals surface area contributed by atoms with Crippen LogP contribution >= 0.6 is 15.9 Å². The lowest BCUT2D eigenvalue weighted by Crippen LogP contribution is -2.27. The molecular formula is C25H18BrNO4. The van der Waals surface area contributed by atoms with E-state index in [1.54, 1.807) is 36.4 Å². The normalized spacial score (nSPS) is 10.8. The number of fused-ring (bicyclic) bond motifs is 1. The van der Waals surface area contributed by atoms with Crippen LogP contribution < -0.4 is 5.56 Å². The van der Waals surface area contributed by atoms with Crippen molar-refractivity contribution >= 4 is 38.5 Å². The van der Waals surface area contributed by atoms with E-state index in [-0.39, 0.29) is 17.0 Å². The molecule has 31 heavy (non-hydrogen) atoms. The van der Waals surface area contributed by atoms with E-state index >= 15 is 0 Å². The van der Waals surface area contributed by atoms with E-state index in [1.807, 2.05) is 42.5 Å². The van der Waals surface area contributed by atoms with Gasteiger partial charge >= 0.3 is 5.97 Å². The van der Waals surface area contributed by atoms with Gasteiger partial charge in [-0.05, 0) is 29.1 Å². The molecule has 154 valence electrons. The summed E-state index contributed by atoms with van der Waals surface area (Å²) in [6.07, 6.45) is 0. The first-order valence-electron chi connectivity index (χ1n) is 9.60. The Morgan fingerprint density at radius 2 is 1.48 bits per heavy atom. The molecule has 3 aromatic carbocycles. The lowest BCUT2D eigenvalue weighted by Gasteiger charge is -2.16. The molecule has 1 aromatic heterocycles. The van der Waals surface area contributed by atoms with Crippen LogP contribution in [-0.2, 0) is 11.8 Å². The number of hydrogen-bond donors (Lipinski definition) is 0. The number of hydrogen-bond acceptors (Lipinski definition) is 4. The monoisotopic (exact) mass is 475 g/mol. The van der Waals surface area contributed by atoms with Gasteiger partial charge in [-0.1, -0.05) is 76.6 Å². The molecular weight excluding hydrogens is 458 g/mol. The number of benzene rings is 3. The predicted molar refractivity (Wildman–Crippen MR) is 123 cm³/mol. The second-order valence-electron chi connectivity index (χ2n) is 7.01. The molecule has 0 bridgehead atoms. The van der Waals surface area contributed by atoms with Gasteiger partial charge in [0, 0.05) is 28.0 Å². The molecule has 0 N–H and O–H groups in total. The molecule has 0 saturated carbocycles. The third-order valence-electron chi connectivity index (χ3n) is 5.06. The van der Waals surface area contributed by atoms with Crippen molar-refractivity contribution in [1.29, 1.82) is 0 Å². The van der Waals surface area contributed by atoms with Crippen molar-refractivity contribution in [2.75, 3.05) is 6.61 Å². The van der Waals surface area contributed by atoms with Crippen molar-refractivity contribution in [3.63, 3.8) is 0 Å². The Labute approximate surface area is 187 Å². The molecule has 4 aromatic rings. The van der Waals surface area contributed by atoms with E-state index in [1.165, 1.54) is 11.6 Å². The fourth-order valence-corrected chi connectivity index (χ4v) is 3.78. The number of halogens is 1. The summed E-state index contributed by atoms with van der Waals surface area (Å²) in [7, 11) is 1.54. The van der Waals surface area contributed by atoms with Gasteiger partial charge in [-0.25, -0.2) is 4.79 Å². The number of ketones is 1. The second-order valence-corrected chi connectivity index (χ2v) is 7.92. The Balaban J connectivity index is 1.77. The van der Waals surface area contributed by atoms with Crippen LogP contribution in [0.25, 0.3) is 21.9 Å². The van der Waals surface area contributed by atoms with E-state index in [4.69, 9.17) is 4.74 Å². The highest BCUT2D eigenvalue weighted by Gasteiger charge is 2.23. The van der Waals surface area contributed by atoms with Crippen LogP contribution in [0.2, 0.25) is 0 Å². The largest absolute Gasteiger partial charge is 0.453 e. The van der Waals surface area contributed by atoms with Crippen molar-refractivity contribution in [1.82, 2.24) is 4.57 Å². The molecule has 6 heteroatoms. The molecule has 0 aliphatic heterocycles. The Bertz CT molecular complexity index is 1340. The molecule has 0 unspecified atom stereocenters. The van der Waals surface area contributed by atoms with Gasteiger partial charge in [-0.3, -0.25) is 9.59 Å². The number of Topliss-reactive ketones (excluding diaryl/α,β-unsaturated/α-hetero) is 1. The lowest BCUT2D eigenvalue weighted by molar-refractivity contribution is 0.0465. The SMILES string of the molecule is Cn1c(C(=O)OCC(=O)c2ccc(Br)cc2)c(-c2ccccc2)c2ccccc2c1=O. The van der Waals surface area contributed by atoms with Gasteiger partial charge in [0.05, 0.1) is 0 Å². The van der Waals surface area contributed by atoms with E-state index in [9.17, 15) is 14.4 Å². The summed E-state index contributed by atoms with van der Waals surface area (Å²) in [5, 5.41) is 1.16. The van der Waals surface area contributed by atoms with Gasteiger partial charge in [0.2, 0.25) is 0 Å². The average molecular weight is 476 g/mol. The molecule has 0 atom stereocenters. The summed E-state index contributed by atoms with van der Waals surface area (Å²) < 4.78 is 7.50. The molecule has 5 nitrogen and oxygen atoms in total. The molecule has 1 heterocycles. The van der Waals surface area contributed by atoms with Gasteiger partial charge < -0.3 is 9.30 Å². The summed E-state index contributed by atoms with van der Waals surface area (Å²) >= 11 is 3.32. The Morgan fingerprint density at radius 3 is 2.16 bits per heavy atom. The topological polar surface area (TPSA) is 65.4 Å². The smallest absolute Gasteiger partial charge is 0.356 e. The summed E-state index contributed by atoms with van der Waals surface area (Å²) in [6, 6.07) is 23.3. The zero-order valence-electron chi connectivity index (χ0n) is 16.7. The maximum absolute atomic E-state index is 13.1. The number of pyridine rings is 1. The number of ether oxygens (including phenoxy) is 1. The summed E-state index contributed by atoms with van der Waals surface area (Å²) in [4.78, 5) is 38.5. The molecule has 0 aliphatic rings. The molecule has 0 radical (unpaired) electrons. The van der Waals surface area contributed by atoms with Crippen molar-refractivity contribution in [2.45, 2.75) is 0 Å². The minimum atomic E-state index is -0.727. The highest BCUT2D eigenvalue weighted by Crippen LogP contribution is 2.30. The Morgan fingerprint density at radius 1 is 0.871 bits per heavy atom. The zero-order chi connectivity index (χ0) is 22.0. The molecule has 4 rings (SSSR count).